The van der Waals surface area contributed by atoms with E-state index in [1.165, 1.54) is 0 Å². The molecular formula is C18H23ClN4O3S. The molecular weight excluding hydrogens is 388 g/mol. The second kappa shape index (κ2) is 7.98. The van der Waals surface area contributed by atoms with Crippen LogP contribution in [0.2, 0.25) is 5.02 Å². The number of carbonyl (C=O) groups is 1. The smallest absolute Gasteiger partial charge is 0.293 e. The van der Waals surface area contributed by atoms with Gasteiger partial charge in [0, 0.05) is 17.6 Å². The molecule has 9 heteroatoms. The molecule has 1 aliphatic rings. The Labute approximate surface area is 164 Å². The van der Waals surface area contributed by atoms with Crippen molar-refractivity contribution < 1.29 is 13.2 Å². The Morgan fingerprint density at radius 3 is 2.63 bits per heavy atom. The molecule has 1 unspecified atom stereocenters. The molecule has 2 heterocycles. The van der Waals surface area contributed by atoms with Crippen molar-refractivity contribution in [3.05, 3.63) is 40.9 Å². The average molecular weight is 411 g/mol. The maximum Gasteiger partial charge on any atom is 0.293 e. The van der Waals surface area contributed by atoms with Crippen LogP contribution in [-0.4, -0.2) is 58.1 Å². The number of amides is 1. The molecule has 0 aliphatic carbocycles. The summed E-state index contributed by atoms with van der Waals surface area (Å²) in [4.78, 5) is 19.0. The predicted molar refractivity (Wildman–Crippen MR) is 104 cm³/mol. The van der Waals surface area contributed by atoms with Crippen molar-refractivity contribution in [3.8, 4) is 5.69 Å². The van der Waals surface area contributed by atoms with Gasteiger partial charge in [0.05, 0.1) is 17.2 Å². The molecule has 3 rings (SSSR count). The number of unbranched alkanes of at least 4 members (excludes halogenated alkanes) is 1. The third-order valence-electron chi connectivity index (χ3n) is 4.69. The lowest BCUT2D eigenvalue weighted by Gasteiger charge is -2.27. The first-order chi connectivity index (χ1) is 12.8. The zero-order valence-electron chi connectivity index (χ0n) is 15.4. The van der Waals surface area contributed by atoms with Gasteiger partial charge in [0.1, 0.15) is 5.82 Å². The molecule has 0 bridgehead atoms. The summed E-state index contributed by atoms with van der Waals surface area (Å²) in [5.41, 5.74) is 0.756. The van der Waals surface area contributed by atoms with E-state index in [1.807, 2.05) is 6.92 Å². The highest BCUT2D eigenvalue weighted by atomic mass is 35.5. The number of hydrogen-bond acceptors (Lipinski definition) is 5. The minimum absolute atomic E-state index is 0.0132. The van der Waals surface area contributed by atoms with Crippen molar-refractivity contribution in [1.82, 2.24) is 19.7 Å². The van der Waals surface area contributed by atoms with E-state index >= 15 is 0 Å². The summed E-state index contributed by atoms with van der Waals surface area (Å²) in [5.74, 6) is 0.484. The van der Waals surface area contributed by atoms with Crippen LogP contribution in [0.1, 0.15) is 42.6 Å². The van der Waals surface area contributed by atoms with Crippen molar-refractivity contribution in [2.24, 2.45) is 0 Å². The molecule has 27 heavy (non-hydrogen) atoms. The molecule has 1 fully saturated rings. The maximum atomic E-state index is 13.1. The van der Waals surface area contributed by atoms with E-state index in [-0.39, 0.29) is 29.3 Å². The molecule has 1 aromatic carbocycles. The highest BCUT2D eigenvalue weighted by Crippen LogP contribution is 2.21. The molecule has 0 radical (unpaired) electrons. The van der Waals surface area contributed by atoms with Gasteiger partial charge in [0.25, 0.3) is 5.91 Å². The Morgan fingerprint density at radius 1 is 1.33 bits per heavy atom. The number of rotatable bonds is 6. The van der Waals surface area contributed by atoms with Gasteiger partial charge in [-0.1, -0.05) is 24.9 Å². The van der Waals surface area contributed by atoms with Crippen LogP contribution in [0.4, 0.5) is 0 Å². The van der Waals surface area contributed by atoms with Gasteiger partial charge < -0.3 is 4.90 Å². The van der Waals surface area contributed by atoms with Gasteiger partial charge in [-0.3, -0.25) is 4.79 Å². The van der Waals surface area contributed by atoms with Gasteiger partial charge in [-0.25, -0.2) is 18.1 Å². The quantitative estimate of drug-likeness (QED) is 0.730. The molecule has 1 aromatic heterocycles. The number of nitrogens with zero attached hydrogens (tertiary/aromatic N) is 4. The Morgan fingerprint density at radius 2 is 2.04 bits per heavy atom. The normalized spacial score (nSPS) is 18.6. The van der Waals surface area contributed by atoms with Gasteiger partial charge >= 0.3 is 0 Å². The summed E-state index contributed by atoms with van der Waals surface area (Å²) < 4.78 is 25.3. The fraction of sp³-hybridized carbons (Fsp3) is 0.500. The van der Waals surface area contributed by atoms with Crippen molar-refractivity contribution in [1.29, 1.82) is 0 Å². The van der Waals surface area contributed by atoms with E-state index in [4.69, 9.17) is 11.6 Å². The predicted octanol–water partition coefficient (Wildman–Crippen LogP) is 2.66. The van der Waals surface area contributed by atoms with E-state index < -0.39 is 9.84 Å². The molecule has 7 nitrogen and oxygen atoms in total. The Kier molecular flexibility index (Phi) is 5.86. The first kappa shape index (κ1) is 19.8. The van der Waals surface area contributed by atoms with Crippen LogP contribution in [0.5, 0.6) is 0 Å². The minimum Gasteiger partial charge on any atom is -0.332 e. The first-order valence-corrected chi connectivity index (χ1v) is 11.2. The number of aryl methyl sites for hydroxylation is 1. The van der Waals surface area contributed by atoms with E-state index in [1.54, 1.807) is 40.8 Å². The fourth-order valence-corrected chi connectivity index (χ4v) is 5.09. The summed E-state index contributed by atoms with van der Waals surface area (Å²) in [5, 5.41) is 4.98. The topological polar surface area (TPSA) is 85.2 Å². The van der Waals surface area contributed by atoms with Crippen LogP contribution in [-0.2, 0) is 9.84 Å². The van der Waals surface area contributed by atoms with Crippen LogP contribution in [0.3, 0.4) is 0 Å². The number of aromatic nitrogens is 3. The summed E-state index contributed by atoms with van der Waals surface area (Å²) in [6.45, 7) is 4.31. The highest BCUT2D eigenvalue weighted by Gasteiger charge is 2.36. The van der Waals surface area contributed by atoms with Crippen molar-refractivity contribution >= 4 is 27.3 Å². The highest BCUT2D eigenvalue weighted by molar-refractivity contribution is 7.91. The number of hydrogen-bond donors (Lipinski definition) is 0. The van der Waals surface area contributed by atoms with Gasteiger partial charge in [0.2, 0.25) is 5.82 Å². The van der Waals surface area contributed by atoms with Gasteiger partial charge in [-0.2, -0.15) is 0 Å². The lowest BCUT2D eigenvalue weighted by molar-refractivity contribution is 0.0681. The molecule has 1 amide bonds. The van der Waals surface area contributed by atoms with E-state index in [9.17, 15) is 13.2 Å². The van der Waals surface area contributed by atoms with Gasteiger partial charge in [-0.15, -0.1) is 5.10 Å². The van der Waals surface area contributed by atoms with E-state index in [0.29, 0.717) is 23.8 Å². The second-order valence-electron chi connectivity index (χ2n) is 6.78. The lowest BCUT2D eigenvalue weighted by Crippen LogP contribution is -2.42. The van der Waals surface area contributed by atoms with E-state index in [0.717, 1.165) is 18.5 Å². The van der Waals surface area contributed by atoms with Crippen molar-refractivity contribution in [2.75, 3.05) is 18.1 Å². The standard InChI is InChI=1S/C18H23ClN4O3S/c1-3-4-10-22(16-9-11-27(25,26)12-16)18(24)17-20-13(2)23(21-17)15-7-5-14(19)6-8-15/h5-8,16H,3-4,9-12H2,1-2H3. The lowest BCUT2D eigenvalue weighted by atomic mass is 10.2. The minimum atomic E-state index is -3.08. The van der Waals surface area contributed by atoms with Crippen molar-refractivity contribution in [3.63, 3.8) is 0 Å². The van der Waals surface area contributed by atoms with Crippen LogP contribution < -0.4 is 0 Å². The Balaban J connectivity index is 1.87. The van der Waals surface area contributed by atoms with Crippen LogP contribution in [0.15, 0.2) is 24.3 Å². The number of benzene rings is 1. The van der Waals surface area contributed by atoms with E-state index in [2.05, 4.69) is 10.1 Å². The van der Waals surface area contributed by atoms with Crippen LogP contribution >= 0.6 is 11.6 Å². The molecule has 0 N–H and O–H groups in total. The van der Waals surface area contributed by atoms with Crippen LogP contribution in [0.25, 0.3) is 5.69 Å². The number of sulfone groups is 1. The molecule has 2 aromatic rings. The average Bonchev–Trinajstić information content (AvgIpc) is 3.18. The number of carbonyl (C=O) groups excluding carboxylic acids is 1. The fourth-order valence-electron chi connectivity index (χ4n) is 3.24. The Hall–Kier alpha value is -1.93. The van der Waals surface area contributed by atoms with Crippen LogP contribution in [0, 0.1) is 6.92 Å². The molecule has 0 saturated carbocycles. The summed E-state index contributed by atoms with van der Waals surface area (Å²) in [6.07, 6.45) is 2.18. The molecule has 1 saturated heterocycles. The molecule has 1 aliphatic heterocycles. The monoisotopic (exact) mass is 410 g/mol. The SMILES string of the molecule is CCCCN(C(=O)c1nc(C)n(-c2ccc(Cl)cc2)n1)C1CCS(=O)(=O)C1. The summed E-state index contributed by atoms with van der Waals surface area (Å²) in [6, 6.07) is 6.79. The summed E-state index contributed by atoms with van der Waals surface area (Å²) in [7, 11) is -3.08. The van der Waals surface area contributed by atoms with Crippen molar-refractivity contribution in [2.45, 2.75) is 39.2 Å². The summed E-state index contributed by atoms with van der Waals surface area (Å²) >= 11 is 5.93. The van der Waals surface area contributed by atoms with Gasteiger partial charge in [-0.05, 0) is 44.0 Å². The first-order valence-electron chi connectivity index (χ1n) is 9.01. The molecule has 146 valence electrons. The Bertz CT molecular complexity index is 925. The maximum absolute atomic E-state index is 13.1. The third kappa shape index (κ3) is 4.50. The molecule has 0 spiro atoms. The third-order valence-corrected chi connectivity index (χ3v) is 6.70. The molecule has 1 atom stereocenters. The number of halogens is 1. The second-order valence-corrected chi connectivity index (χ2v) is 9.44. The zero-order valence-corrected chi connectivity index (χ0v) is 17.0. The zero-order chi connectivity index (χ0) is 19.6. The largest absolute Gasteiger partial charge is 0.332 e. The van der Waals surface area contributed by atoms with Gasteiger partial charge in [0.15, 0.2) is 9.84 Å².